The van der Waals surface area contributed by atoms with Crippen molar-refractivity contribution in [1.82, 2.24) is 0 Å². The van der Waals surface area contributed by atoms with E-state index in [0.717, 1.165) is 6.29 Å². The molecule has 0 saturated heterocycles. The van der Waals surface area contributed by atoms with Crippen LogP contribution in [0.3, 0.4) is 0 Å². The van der Waals surface area contributed by atoms with Crippen LogP contribution in [0.2, 0.25) is 0 Å². The zero-order valence-electron chi connectivity index (χ0n) is 8.56. The normalized spacial score (nSPS) is 13.6. The van der Waals surface area contributed by atoms with E-state index >= 15 is 0 Å². The van der Waals surface area contributed by atoms with Crippen LogP contribution >= 0.6 is 0 Å². The second kappa shape index (κ2) is 8.06. The molecule has 0 radical (unpaired) electrons. The predicted molar refractivity (Wildman–Crippen MR) is 54.3 cm³/mol. The highest BCUT2D eigenvalue weighted by atomic mass is 16.5. The quantitative estimate of drug-likeness (QED) is 0.369. The fraction of sp³-hybridized carbons (Fsp3) is 0.455. The van der Waals surface area contributed by atoms with E-state index < -0.39 is 0 Å². The third kappa shape index (κ3) is 6.01. The molecule has 0 aliphatic carbocycles. The zero-order valence-corrected chi connectivity index (χ0v) is 8.56. The summed E-state index contributed by atoms with van der Waals surface area (Å²) in [7, 11) is 0. The molecule has 0 spiro atoms. The molecule has 1 unspecified atom stereocenters. The maximum atomic E-state index is 10.3. The van der Waals surface area contributed by atoms with Crippen molar-refractivity contribution in [3.05, 3.63) is 24.0 Å². The van der Waals surface area contributed by atoms with Crippen LogP contribution in [0.4, 0.5) is 0 Å². The predicted octanol–water partition coefficient (Wildman–Crippen LogP) is 2.21. The van der Waals surface area contributed by atoms with Crippen LogP contribution in [0.5, 0.6) is 0 Å². The monoisotopic (exact) mass is 193 g/mol. The average Bonchev–Trinajstić information content (AvgIpc) is 2.21. The number of nitrogens with zero attached hydrogens (tertiary/aromatic N) is 1. The van der Waals surface area contributed by atoms with Crippen molar-refractivity contribution in [1.29, 1.82) is 5.26 Å². The summed E-state index contributed by atoms with van der Waals surface area (Å²) < 4.78 is 5.25. The van der Waals surface area contributed by atoms with Crippen LogP contribution in [0.1, 0.15) is 20.3 Å². The van der Waals surface area contributed by atoms with Gasteiger partial charge in [0, 0.05) is 5.92 Å². The third-order valence-electron chi connectivity index (χ3n) is 1.48. The summed E-state index contributed by atoms with van der Waals surface area (Å²) >= 11 is 0. The maximum Gasteiger partial charge on any atom is 0.126 e. The summed E-state index contributed by atoms with van der Waals surface area (Å²) in [6.07, 6.45) is 6.32. The van der Waals surface area contributed by atoms with Crippen molar-refractivity contribution < 1.29 is 9.53 Å². The van der Waals surface area contributed by atoms with Gasteiger partial charge in [0.25, 0.3) is 0 Å². The first-order chi connectivity index (χ1) is 6.74. The van der Waals surface area contributed by atoms with Gasteiger partial charge in [-0.3, -0.25) is 0 Å². The first kappa shape index (κ1) is 12.4. The van der Waals surface area contributed by atoms with E-state index in [0.29, 0.717) is 18.8 Å². The molecule has 0 aliphatic rings. The third-order valence-corrected chi connectivity index (χ3v) is 1.48. The minimum atomic E-state index is -0.124. The summed E-state index contributed by atoms with van der Waals surface area (Å²) in [6, 6.07) is 2.00. The Morgan fingerprint density at radius 3 is 2.86 bits per heavy atom. The number of hydrogen-bond donors (Lipinski definition) is 0. The number of ether oxygens (including phenoxy) is 1. The van der Waals surface area contributed by atoms with Gasteiger partial charge in [0.2, 0.25) is 0 Å². The molecule has 3 heteroatoms. The van der Waals surface area contributed by atoms with Gasteiger partial charge in [-0.05, 0) is 19.1 Å². The molecular weight excluding hydrogens is 178 g/mol. The number of carbonyl (C=O) groups excluding carboxylic acids is 1. The molecule has 0 amide bonds. The summed E-state index contributed by atoms with van der Waals surface area (Å²) in [5.41, 5.74) is 0. The van der Waals surface area contributed by atoms with Crippen LogP contribution in [-0.2, 0) is 9.53 Å². The minimum Gasteiger partial charge on any atom is -0.494 e. The maximum absolute atomic E-state index is 10.3. The lowest BCUT2D eigenvalue weighted by molar-refractivity contribution is -0.109. The second-order valence-electron chi connectivity index (χ2n) is 2.76. The van der Waals surface area contributed by atoms with Crippen LogP contribution < -0.4 is 0 Å². The fourth-order valence-electron chi connectivity index (χ4n) is 0.780. The highest BCUT2D eigenvalue weighted by Crippen LogP contribution is 2.03. The van der Waals surface area contributed by atoms with E-state index in [2.05, 4.69) is 0 Å². The molecule has 0 N–H and O–H groups in total. The fourth-order valence-corrected chi connectivity index (χ4v) is 0.780. The van der Waals surface area contributed by atoms with E-state index in [1.807, 2.05) is 13.0 Å². The van der Waals surface area contributed by atoms with Gasteiger partial charge >= 0.3 is 0 Å². The van der Waals surface area contributed by atoms with Crippen LogP contribution in [0, 0.1) is 17.2 Å². The molecule has 0 heterocycles. The number of nitriles is 1. The number of carbonyl (C=O) groups is 1. The molecule has 0 fully saturated rings. The molecule has 0 aliphatic heterocycles. The van der Waals surface area contributed by atoms with Gasteiger partial charge in [-0.15, -0.1) is 0 Å². The van der Waals surface area contributed by atoms with E-state index in [9.17, 15) is 4.79 Å². The van der Waals surface area contributed by atoms with Crippen molar-refractivity contribution >= 4 is 6.29 Å². The lowest BCUT2D eigenvalue weighted by Crippen LogP contribution is -1.92. The lowest BCUT2D eigenvalue weighted by atomic mass is 10.2. The lowest BCUT2D eigenvalue weighted by Gasteiger charge is -2.02. The van der Waals surface area contributed by atoms with Gasteiger partial charge in [0.1, 0.15) is 12.0 Å². The van der Waals surface area contributed by atoms with Crippen LogP contribution in [-0.4, -0.2) is 12.9 Å². The van der Waals surface area contributed by atoms with Crippen molar-refractivity contribution in [2.75, 3.05) is 6.61 Å². The number of rotatable bonds is 6. The van der Waals surface area contributed by atoms with Gasteiger partial charge in [-0.2, -0.15) is 5.26 Å². The summed E-state index contributed by atoms with van der Waals surface area (Å²) in [5, 5.41) is 8.38. The second-order valence-corrected chi connectivity index (χ2v) is 2.76. The van der Waals surface area contributed by atoms with Crippen LogP contribution in [0.25, 0.3) is 0 Å². The van der Waals surface area contributed by atoms with Gasteiger partial charge in [-0.25, -0.2) is 0 Å². The number of aldehydes is 1. The van der Waals surface area contributed by atoms with Gasteiger partial charge in [0.15, 0.2) is 0 Å². The Balaban J connectivity index is 4.29. The van der Waals surface area contributed by atoms with Gasteiger partial charge < -0.3 is 9.53 Å². The van der Waals surface area contributed by atoms with Gasteiger partial charge in [0.05, 0.1) is 19.1 Å². The van der Waals surface area contributed by atoms with Gasteiger partial charge in [-0.1, -0.05) is 13.0 Å². The molecule has 1 atom stereocenters. The number of allylic oxidation sites excluding steroid dienone is 3. The number of hydrogen-bond acceptors (Lipinski definition) is 3. The highest BCUT2D eigenvalue weighted by molar-refractivity contribution is 5.55. The summed E-state index contributed by atoms with van der Waals surface area (Å²) in [4.78, 5) is 10.3. The smallest absolute Gasteiger partial charge is 0.126 e. The zero-order chi connectivity index (χ0) is 10.8. The SMILES string of the molecule is CCOC(/C=C\C(C)C=O)=C/CC#N. The molecule has 14 heavy (non-hydrogen) atoms. The van der Waals surface area contributed by atoms with Crippen molar-refractivity contribution in [3.63, 3.8) is 0 Å². The van der Waals surface area contributed by atoms with Crippen molar-refractivity contribution in [2.45, 2.75) is 20.3 Å². The first-order valence-electron chi connectivity index (χ1n) is 4.58. The highest BCUT2D eigenvalue weighted by Gasteiger charge is 1.94. The molecule has 0 aromatic carbocycles. The standard InChI is InChI=1S/C11H15NO2/c1-3-14-11(5-4-8-12)7-6-10(2)9-13/h5-7,9-10H,3-4H2,1-2H3/b7-6-,11-5+. The Morgan fingerprint density at radius 2 is 2.36 bits per heavy atom. The molecule has 0 saturated carbocycles. The Kier molecular flexibility index (Phi) is 7.16. The molecule has 0 aromatic heterocycles. The molecule has 3 nitrogen and oxygen atoms in total. The Morgan fingerprint density at radius 1 is 1.64 bits per heavy atom. The Bertz CT molecular complexity index is 261. The topological polar surface area (TPSA) is 50.1 Å². The van der Waals surface area contributed by atoms with E-state index in [1.165, 1.54) is 0 Å². The molecule has 0 rings (SSSR count). The van der Waals surface area contributed by atoms with E-state index in [-0.39, 0.29) is 5.92 Å². The largest absolute Gasteiger partial charge is 0.494 e. The van der Waals surface area contributed by atoms with E-state index in [1.54, 1.807) is 25.2 Å². The Labute approximate surface area is 84.7 Å². The van der Waals surface area contributed by atoms with E-state index in [4.69, 9.17) is 10.00 Å². The minimum absolute atomic E-state index is 0.124. The summed E-state index contributed by atoms with van der Waals surface area (Å²) in [6.45, 7) is 4.21. The van der Waals surface area contributed by atoms with Crippen molar-refractivity contribution in [3.8, 4) is 6.07 Å². The Hall–Kier alpha value is -1.56. The van der Waals surface area contributed by atoms with Crippen molar-refractivity contribution in [2.24, 2.45) is 5.92 Å². The summed E-state index contributed by atoms with van der Waals surface area (Å²) in [5.74, 6) is 0.517. The molecule has 0 aromatic rings. The van der Waals surface area contributed by atoms with Crippen LogP contribution in [0.15, 0.2) is 24.0 Å². The first-order valence-corrected chi connectivity index (χ1v) is 4.58. The molecule has 0 bridgehead atoms. The molecule has 76 valence electrons. The molecular formula is C11H15NO2. The average molecular weight is 193 g/mol.